The van der Waals surface area contributed by atoms with Crippen LogP contribution in [0.2, 0.25) is 0 Å². The van der Waals surface area contributed by atoms with E-state index in [0.29, 0.717) is 0 Å². The van der Waals surface area contributed by atoms with Crippen LogP contribution in [0.3, 0.4) is 0 Å². The van der Waals surface area contributed by atoms with Crippen molar-refractivity contribution in [3.63, 3.8) is 0 Å². The SMILES string of the molecule is BrCCc1ccc(-c2ccc(CCBr)cc2I)c(I)c1. The molecule has 2 aromatic rings. The van der Waals surface area contributed by atoms with E-state index in [-0.39, 0.29) is 0 Å². The van der Waals surface area contributed by atoms with Crippen molar-refractivity contribution >= 4 is 77.0 Å². The molecule has 0 atom stereocenters. The van der Waals surface area contributed by atoms with Gasteiger partial charge in [0.25, 0.3) is 0 Å². The van der Waals surface area contributed by atoms with Crippen molar-refractivity contribution in [3.05, 3.63) is 54.7 Å². The van der Waals surface area contributed by atoms with Crippen molar-refractivity contribution < 1.29 is 0 Å². The summed E-state index contributed by atoms with van der Waals surface area (Å²) in [5, 5.41) is 2.03. The fourth-order valence-corrected chi connectivity index (χ4v) is 4.74. The average Bonchev–Trinajstić information content (AvgIpc) is 2.41. The van der Waals surface area contributed by atoms with E-state index >= 15 is 0 Å². The first-order valence-electron chi connectivity index (χ1n) is 6.35. The maximum atomic E-state index is 3.50. The number of hydrogen-bond acceptors (Lipinski definition) is 0. The molecule has 0 radical (unpaired) electrons. The maximum Gasteiger partial charge on any atom is 0.0211 e. The summed E-state index contributed by atoms with van der Waals surface area (Å²) in [6, 6.07) is 13.6. The molecule has 0 saturated carbocycles. The molecule has 0 nitrogen and oxygen atoms in total. The Morgan fingerprint density at radius 3 is 1.40 bits per heavy atom. The molecule has 0 aliphatic heterocycles. The van der Waals surface area contributed by atoms with Gasteiger partial charge in [0, 0.05) is 17.8 Å². The molecule has 0 aliphatic rings. The van der Waals surface area contributed by atoms with E-state index in [2.05, 4.69) is 113 Å². The van der Waals surface area contributed by atoms with Crippen molar-refractivity contribution in [2.45, 2.75) is 12.8 Å². The summed E-state index contributed by atoms with van der Waals surface area (Å²) in [6.45, 7) is 0. The lowest BCUT2D eigenvalue weighted by atomic mass is 10.0. The highest BCUT2D eigenvalue weighted by Gasteiger charge is 2.08. The Bertz CT molecular complexity index is 544. The number of benzene rings is 2. The standard InChI is InChI=1S/C16H14Br2I2/c17-7-5-11-1-3-13(15(19)9-11)14-4-2-12(6-8-18)10-16(14)20/h1-4,9-10H,5-8H2. The van der Waals surface area contributed by atoms with Crippen LogP contribution < -0.4 is 0 Å². The zero-order chi connectivity index (χ0) is 14.5. The Morgan fingerprint density at radius 1 is 0.700 bits per heavy atom. The molecule has 2 rings (SSSR count). The third-order valence-corrected chi connectivity index (χ3v) is 5.70. The molecule has 0 aromatic heterocycles. The minimum absolute atomic E-state index is 1.02. The molecule has 0 amide bonds. The molecule has 0 bridgehead atoms. The summed E-state index contributed by atoms with van der Waals surface area (Å²) in [6.07, 6.45) is 2.16. The second-order valence-corrected chi connectivity index (χ2v) is 8.42. The van der Waals surface area contributed by atoms with E-state index in [1.54, 1.807) is 0 Å². The molecular weight excluding hydrogens is 606 g/mol. The Morgan fingerprint density at radius 2 is 1.10 bits per heavy atom. The van der Waals surface area contributed by atoms with E-state index in [9.17, 15) is 0 Å². The minimum atomic E-state index is 1.02. The van der Waals surface area contributed by atoms with Crippen LogP contribution in [0.15, 0.2) is 36.4 Å². The molecule has 4 heteroatoms. The molecular formula is C16H14Br2I2. The average molecular weight is 620 g/mol. The summed E-state index contributed by atoms with van der Waals surface area (Å²) in [5.74, 6) is 0. The first-order valence-corrected chi connectivity index (χ1v) is 10.7. The summed E-state index contributed by atoms with van der Waals surface area (Å²) in [5.41, 5.74) is 5.44. The molecule has 0 unspecified atom stereocenters. The number of hydrogen-bond donors (Lipinski definition) is 0. The topological polar surface area (TPSA) is 0 Å². The molecule has 2 aromatic carbocycles. The maximum absolute atomic E-state index is 3.50. The van der Waals surface area contributed by atoms with Gasteiger partial charge in [-0.15, -0.1) is 0 Å². The number of aryl methyl sites for hydroxylation is 2. The monoisotopic (exact) mass is 618 g/mol. The van der Waals surface area contributed by atoms with Crippen LogP contribution in [0.5, 0.6) is 0 Å². The van der Waals surface area contributed by atoms with Gasteiger partial charge in [0.1, 0.15) is 0 Å². The van der Waals surface area contributed by atoms with Gasteiger partial charge in [0.15, 0.2) is 0 Å². The molecule has 0 spiro atoms. The Kier molecular flexibility index (Phi) is 7.30. The highest BCUT2D eigenvalue weighted by Crippen LogP contribution is 2.31. The van der Waals surface area contributed by atoms with Crippen molar-refractivity contribution in [2.75, 3.05) is 10.7 Å². The summed E-state index contributed by atoms with van der Waals surface area (Å²) >= 11 is 11.9. The Labute approximate surface area is 164 Å². The van der Waals surface area contributed by atoms with Gasteiger partial charge in [-0.2, -0.15) is 0 Å². The third-order valence-electron chi connectivity index (χ3n) is 3.12. The van der Waals surface area contributed by atoms with Crippen molar-refractivity contribution in [1.29, 1.82) is 0 Å². The van der Waals surface area contributed by atoms with Gasteiger partial charge in [-0.25, -0.2) is 0 Å². The van der Waals surface area contributed by atoms with Gasteiger partial charge in [0.05, 0.1) is 0 Å². The van der Waals surface area contributed by atoms with Gasteiger partial charge in [-0.05, 0) is 92.4 Å². The van der Waals surface area contributed by atoms with Gasteiger partial charge in [0.2, 0.25) is 0 Å². The fraction of sp³-hybridized carbons (Fsp3) is 0.250. The fourth-order valence-electron chi connectivity index (χ4n) is 2.08. The van der Waals surface area contributed by atoms with Gasteiger partial charge < -0.3 is 0 Å². The highest BCUT2D eigenvalue weighted by molar-refractivity contribution is 14.1. The molecule has 0 heterocycles. The first-order chi connectivity index (χ1) is 9.65. The molecule has 0 fully saturated rings. The lowest BCUT2D eigenvalue weighted by Crippen LogP contribution is -1.93. The van der Waals surface area contributed by atoms with Crippen LogP contribution in [0.25, 0.3) is 11.1 Å². The van der Waals surface area contributed by atoms with Crippen molar-refractivity contribution in [1.82, 2.24) is 0 Å². The largest absolute Gasteiger partial charge is 0.0924 e. The van der Waals surface area contributed by atoms with Gasteiger partial charge in [-0.3, -0.25) is 0 Å². The van der Waals surface area contributed by atoms with E-state index in [1.165, 1.54) is 29.4 Å². The van der Waals surface area contributed by atoms with E-state index in [1.807, 2.05) is 0 Å². The second-order valence-electron chi connectivity index (χ2n) is 4.51. The number of alkyl halides is 2. The summed E-state index contributed by atoms with van der Waals surface area (Å²) in [7, 11) is 0. The Hall–Kier alpha value is 0.860. The highest BCUT2D eigenvalue weighted by atomic mass is 127. The zero-order valence-corrected chi connectivity index (χ0v) is 18.3. The zero-order valence-electron chi connectivity index (χ0n) is 10.8. The van der Waals surface area contributed by atoms with E-state index < -0.39 is 0 Å². The molecule has 20 heavy (non-hydrogen) atoms. The first kappa shape index (κ1) is 17.2. The quantitative estimate of drug-likeness (QED) is 0.267. The predicted molar refractivity (Wildman–Crippen MR) is 112 cm³/mol. The molecule has 0 N–H and O–H groups in total. The van der Waals surface area contributed by atoms with Crippen LogP contribution in [0, 0.1) is 7.14 Å². The van der Waals surface area contributed by atoms with Crippen molar-refractivity contribution in [2.24, 2.45) is 0 Å². The van der Waals surface area contributed by atoms with Crippen molar-refractivity contribution in [3.8, 4) is 11.1 Å². The molecule has 0 saturated heterocycles. The smallest absolute Gasteiger partial charge is 0.0211 e. The Balaban J connectivity index is 2.36. The molecule has 106 valence electrons. The third kappa shape index (κ3) is 4.43. The van der Waals surface area contributed by atoms with Gasteiger partial charge >= 0.3 is 0 Å². The van der Waals surface area contributed by atoms with E-state index in [0.717, 1.165) is 23.5 Å². The van der Waals surface area contributed by atoms with Gasteiger partial charge in [-0.1, -0.05) is 56.1 Å². The predicted octanol–water partition coefficient (Wildman–Crippen LogP) is 6.44. The number of rotatable bonds is 5. The normalized spacial score (nSPS) is 10.8. The second kappa shape index (κ2) is 8.48. The van der Waals surface area contributed by atoms with Crippen LogP contribution in [0.1, 0.15) is 11.1 Å². The summed E-state index contributed by atoms with van der Waals surface area (Å²) < 4.78 is 2.65. The number of halogens is 4. The van der Waals surface area contributed by atoms with Crippen LogP contribution >= 0.6 is 77.0 Å². The molecule has 0 aliphatic carbocycles. The minimum Gasteiger partial charge on any atom is -0.0924 e. The van der Waals surface area contributed by atoms with Crippen LogP contribution in [0.4, 0.5) is 0 Å². The summed E-state index contributed by atoms with van der Waals surface area (Å²) in [4.78, 5) is 0. The lowest BCUT2D eigenvalue weighted by Gasteiger charge is -2.11. The van der Waals surface area contributed by atoms with Crippen LogP contribution in [-0.2, 0) is 12.8 Å². The lowest BCUT2D eigenvalue weighted by molar-refractivity contribution is 1.16. The van der Waals surface area contributed by atoms with E-state index in [4.69, 9.17) is 0 Å². The van der Waals surface area contributed by atoms with Crippen LogP contribution in [-0.4, -0.2) is 10.7 Å².